The van der Waals surface area contributed by atoms with Crippen molar-refractivity contribution in [3.8, 4) is 5.75 Å². The van der Waals surface area contributed by atoms with Gasteiger partial charge in [-0.3, -0.25) is 19.7 Å². The number of rotatable bonds is 9. The Hall–Kier alpha value is -5.55. The van der Waals surface area contributed by atoms with Crippen LogP contribution in [0.25, 0.3) is 6.08 Å². The number of anilines is 1. The second kappa shape index (κ2) is 12.8. The van der Waals surface area contributed by atoms with Gasteiger partial charge in [0.15, 0.2) is 5.76 Å². The van der Waals surface area contributed by atoms with Gasteiger partial charge in [0.25, 0.3) is 17.5 Å². The van der Waals surface area contributed by atoms with E-state index in [1.165, 1.54) is 73.2 Å². The summed E-state index contributed by atoms with van der Waals surface area (Å²) in [7, 11) is 0. The van der Waals surface area contributed by atoms with E-state index in [9.17, 15) is 24.5 Å². The number of carbonyl (C=O) groups excluding carboxylic acids is 3. The van der Waals surface area contributed by atoms with E-state index in [4.69, 9.17) is 20.8 Å². The standard InChI is InChI=1S/C28H19ClN4O7/c29-21-9-12-24(40-26(34)13-6-18-3-1-4-23(15-18)33(37)38)20(16-21)17-30-32-27(35)19-7-10-22(11-8-19)31-28(36)25-5-2-14-39-25/h1-17H,(H,31,36)(H,32,35)/b13-6+,30-17+. The number of ether oxygens (including phenoxy) is 1. The minimum absolute atomic E-state index is 0.110. The second-order valence-electron chi connectivity index (χ2n) is 8.00. The number of benzene rings is 3. The summed E-state index contributed by atoms with van der Waals surface area (Å²) in [6, 6.07) is 19.4. The van der Waals surface area contributed by atoms with Crippen LogP contribution in [0.4, 0.5) is 11.4 Å². The summed E-state index contributed by atoms with van der Waals surface area (Å²) in [5.74, 6) is -1.43. The number of nitro benzene ring substituents is 1. The molecule has 0 saturated heterocycles. The molecule has 11 nitrogen and oxygen atoms in total. The number of nitrogens with zero attached hydrogens (tertiary/aromatic N) is 2. The highest BCUT2D eigenvalue weighted by Gasteiger charge is 2.11. The third kappa shape index (κ3) is 7.49. The van der Waals surface area contributed by atoms with Crippen molar-refractivity contribution in [1.29, 1.82) is 0 Å². The van der Waals surface area contributed by atoms with Crippen LogP contribution in [0.15, 0.2) is 101 Å². The van der Waals surface area contributed by atoms with Gasteiger partial charge in [0.1, 0.15) is 5.75 Å². The van der Waals surface area contributed by atoms with Crippen LogP contribution in [0.1, 0.15) is 32.0 Å². The first-order chi connectivity index (χ1) is 19.3. The Morgan fingerprint density at radius 3 is 2.50 bits per heavy atom. The third-order valence-corrected chi connectivity index (χ3v) is 5.43. The van der Waals surface area contributed by atoms with Crippen LogP contribution in [0.3, 0.4) is 0 Å². The normalized spacial score (nSPS) is 10.9. The number of non-ortho nitro benzene ring substituents is 1. The molecule has 2 N–H and O–H groups in total. The lowest BCUT2D eigenvalue weighted by atomic mass is 10.2. The van der Waals surface area contributed by atoms with E-state index >= 15 is 0 Å². The van der Waals surface area contributed by atoms with Gasteiger partial charge >= 0.3 is 5.97 Å². The van der Waals surface area contributed by atoms with Gasteiger partial charge < -0.3 is 14.5 Å². The number of esters is 1. The molecule has 0 bridgehead atoms. The molecule has 0 radical (unpaired) electrons. The maximum absolute atomic E-state index is 12.5. The number of hydrogen-bond acceptors (Lipinski definition) is 8. The number of hydrazone groups is 1. The minimum Gasteiger partial charge on any atom is -0.459 e. The Kier molecular flexibility index (Phi) is 8.80. The van der Waals surface area contributed by atoms with Gasteiger partial charge in [0, 0.05) is 40.0 Å². The molecule has 0 spiro atoms. The SMILES string of the molecule is O=C(/C=C/c1cccc([N+](=O)[O-])c1)Oc1ccc(Cl)cc1/C=N/NC(=O)c1ccc(NC(=O)c2ccco2)cc1. The van der Waals surface area contributed by atoms with Crippen LogP contribution in [-0.4, -0.2) is 28.9 Å². The van der Waals surface area contributed by atoms with Gasteiger partial charge in [-0.15, -0.1) is 0 Å². The average molecular weight is 559 g/mol. The minimum atomic E-state index is -0.744. The fourth-order valence-corrected chi connectivity index (χ4v) is 3.47. The van der Waals surface area contributed by atoms with Crippen molar-refractivity contribution in [2.24, 2.45) is 5.10 Å². The molecule has 1 heterocycles. The van der Waals surface area contributed by atoms with Crippen molar-refractivity contribution in [3.63, 3.8) is 0 Å². The Labute approximate surface area is 231 Å². The lowest BCUT2D eigenvalue weighted by Crippen LogP contribution is -2.18. The van der Waals surface area contributed by atoms with Gasteiger partial charge in [-0.2, -0.15) is 5.10 Å². The molecule has 4 rings (SSSR count). The zero-order valence-electron chi connectivity index (χ0n) is 20.4. The summed E-state index contributed by atoms with van der Waals surface area (Å²) in [5, 5.41) is 17.8. The third-order valence-electron chi connectivity index (χ3n) is 5.19. The number of hydrogen-bond donors (Lipinski definition) is 2. The van der Waals surface area contributed by atoms with Crippen molar-refractivity contribution >= 4 is 53.0 Å². The summed E-state index contributed by atoms with van der Waals surface area (Å²) in [5.41, 5.74) is 3.75. The summed E-state index contributed by atoms with van der Waals surface area (Å²) in [6.07, 6.45) is 5.15. The molecule has 200 valence electrons. The molecule has 0 unspecified atom stereocenters. The zero-order valence-corrected chi connectivity index (χ0v) is 21.2. The largest absolute Gasteiger partial charge is 0.459 e. The second-order valence-corrected chi connectivity index (χ2v) is 8.43. The first-order valence-electron chi connectivity index (χ1n) is 11.5. The average Bonchev–Trinajstić information content (AvgIpc) is 3.49. The number of halogens is 1. The molecular formula is C28H19ClN4O7. The molecule has 4 aromatic rings. The Balaban J connectivity index is 1.37. The number of nitrogens with one attached hydrogen (secondary N) is 2. The smallest absolute Gasteiger partial charge is 0.336 e. The lowest BCUT2D eigenvalue weighted by molar-refractivity contribution is -0.384. The first-order valence-corrected chi connectivity index (χ1v) is 11.9. The van der Waals surface area contributed by atoms with Crippen LogP contribution in [0.5, 0.6) is 5.75 Å². The van der Waals surface area contributed by atoms with Crippen molar-refractivity contribution in [1.82, 2.24) is 5.43 Å². The number of carbonyl (C=O) groups is 3. The quantitative estimate of drug-likeness (QED) is 0.0689. The van der Waals surface area contributed by atoms with E-state index in [1.54, 1.807) is 24.3 Å². The molecule has 3 aromatic carbocycles. The molecule has 1 aromatic heterocycles. The summed E-state index contributed by atoms with van der Waals surface area (Å²) < 4.78 is 10.4. The van der Waals surface area contributed by atoms with E-state index < -0.39 is 22.7 Å². The molecule has 0 fully saturated rings. The predicted molar refractivity (Wildman–Crippen MR) is 147 cm³/mol. The van der Waals surface area contributed by atoms with Crippen LogP contribution < -0.4 is 15.5 Å². The van der Waals surface area contributed by atoms with E-state index in [0.717, 1.165) is 6.08 Å². The lowest BCUT2D eigenvalue weighted by Gasteiger charge is -2.07. The fraction of sp³-hybridized carbons (Fsp3) is 0. The Bertz CT molecular complexity index is 1610. The van der Waals surface area contributed by atoms with Crippen LogP contribution in [0, 0.1) is 10.1 Å². The van der Waals surface area contributed by atoms with Gasteiger partial charge in [-0.1, -0.05) is 23.7 Å². The van der Waals surface area contributed by atoms with Crippen LogP contribution in [-0.2, 0) is 4.79 Å². The number of nitro groups is 1. The highest BCUT2D eigenvalue weighted by molar-refractivity contribution is 6.31. The molecule has 0 atom stereocenters. The molecule has 12 heteroatoms. The number of furan rings is 1. The molecular weight excluding hydrogens is 540 g/mol. The highest BCUT2D eigenvalue weighted by atomic mass is 35.5. The van der Waals surface area contributed by atoms with Crippen molar-refractivity contribution in [2.45, 2.75) is 0 Å². The Morgan fingerprint density at radius 2 is 1.77 bits per heavy atom. The molecule has 0 aliphatic heterocycles. The molecule has 40 heavy (non-hydrogen) atoms. The first kappa shape index (κ1) is 27.5. The highest BCUT2D eigenvalue weighted by Crippen LogP contribution is 2.22. The van der Waals surface area contributed by atoms with Crippen molar-refractivity contribution in [3.05, 3.63) is 129 Å². The van der Waals surface area contributed by atoms with Gasteiger partial charge in [-0.05, 0) is 66.2 Å². The molecule has 0 aliphatic carbocycles. The van der Waals surface area contributed by atoms with E-state index in [0.29, 0.717) is 21.8 Å². The molecule has 2 amide bonds. The summed E-state index contributed by atoms with van der Waals surface area (Å²) in [6.45, 7) is 0. The van der Waals surface area contributed by atoms with Gasteiger partial charge in [0.2, 0.25) is 0 Å². The fourth-order valence-electron chi connectivity index (χ4n) is 3.29. The monoisotopic (exact) mass is 558 g/mol. The summed E-state index contributed by atoms with van der Waals surface area (Å²) in [4.78, 5) is 47.3. The molecule has 0 aliphatic rings. The van der Waals surface area contributed by atoms with E-state index in [1.807, 2.05) is 0 Å². The van der Waals surface area contributed by atoms with Crippen molar-refractivity contribution < 1.29 is 28.5 Å². The van der Waals surface area contributed by atoms with Crippen LogP contribution in [0.2, 0.25) is 5.02 Å². The van der Waals surface area contributed by atoms with E-state index in [-0.39, 0.29) is 22.8 Å². The van der Waals surface area contributed by atoms with Crippen LogP contribution >= 0.6 is 11.6 Å². The maximum Gasteiger partial charge on any atom is 0.336 e. The van der Waals surface area contributed by atoms with Gasteiger partial charge in [0.05, 0.1) is 17.4 Å². The van der Waals surface area contributed by atoms with E-state index in [2.05, 4.69) is 15.8 Å². The summed E-state index contributed by atoms with van der Waals surface area (Å²) >= 11 is 6.06. The number of amides is 2. The molecule has 0 saturated carbocycles. The Morgan fingerprint density at radius 1 is 0.975 bits per heavy atom. The van der Waals surface area contributed by atoms with Gasteiger partial charge in [-0.25, -0.2) is 10.2 Å². The zero-order chi connectivity index (χ0) is 28.5. The predicted octanol–water partition coefficient (Wildman–Crippen LogP) is 5.48. The topological polar surface area (TPSA) is 153 Å². The maximum atomic E-state index is 12.5. The van der Waals surface area contributed by atoms with Crippen molar-refractivity contribution in [2.75, 3.05) is 5.32 Å².